The van der Waals surface area contributed by atoms with E-state index < -0.39 is 9.89 Å². The summed E-state index contributed by atoms with van der Waals surface area (Å²) in [5, 5.41) is 7.90. The molecule has 6 heteroatoms. The number of rotatable bonds is 3. The van der Waals surface area contributed by atoms with Gasteiger partial charge in [0.25, 0.3) is 0 Å². The molecule has 70 valence electrons. The third-order valence-corrected chi connectivity index (χ3v) is 1.62. The van der Waals surface area contributed by atoms with Crippen molar-refractivity contribution in [3.8, 4) is 0 Å². The Morgan fingerprint density at radius 3 is 2.42 bits per heavy atom. The van der Waals surface area contributed by atoms with Gasteiger partial charge in [0.05, 0.1) is 5.70 Å². The fourth-order valence-corrected chi connectivity index (χ4v) is 1.07. The van der Waals surface area contributed by atoms with Gasteiger partial charge in [-0.2, -0.15) is 0 Å². The Morgan fingerprint density at radius 1 is 1.67 bits per heavy atom. The van der Waals surface area contributed by atoms with Crippen molar-refractivity contribution in [2.45, 2.75) is 0 Å². The summed E-state index contributed by atoms with van der Waals surface area (Å²) in [6.07, 6.45) is 0. The Hall–Kier alpha value is -1.01. The number of amidine groups is 1. The van der Waals surface area contributed by atoms with E-state index in [4.69, 9.17) is 5.14 Å². The molecule has 0 aromatic rings. The van der Waals surface area contributed by atoms with Crippen LogP contribution in [0.2, 0.25) is 0 Å². The van der Waals surface area contributed by atoms with Crippen LogP contribution in [-0.4, -0.2) is 30.0 Å². The van der Waals surface area contributed by atoms with Crippen LogP contribution in [0.1, 0.15) is 0 Å². The quantitative estimate of drug-likeness (QED) is 0.298. The first kappa shape index (κ1) is 11.0. The predicted octanol–water partition coefficient (Wildman–Crippen LogP) is -1.16. The summed E-state index contributed by atoms with van der Waals surface area (Å²) < 4.78 is 13.4. The minimum atomic E-state index is -2.77. The van der Waals surface area contributed by atoms with Crippen LogP contribution in [-0.2, 0) is 9.89 Å². The Bertz CT molecular complexity index is 291. The lowest BCUT2D eigenvalue weighted by Crippen LogP contribution is -2.38. The molecular weight excluding hydrogens is 176 g/mol. The fourth-order valence-electron chi connectivity index (χ4n) is 0.524. The summed E-state index contributed by atoms with van der Waals surface area (Å²) in [6.45, 7) is 3.62. The van der Waals surface area contributed by atoms with Crippen molar-refractivity contribution < 1.29 is 4.21 Å². The number of hydrogen-bond acceptors (Lipinski definition) is 3. The van der Waals surface area contributed by atoms with Crippen molar-refractivity contribution in [2.24, 2.45) is 10.1 Å². The zero-order chi connectivity index (χ0) is 9.78. The Kier molecular flexibility index (Phi) is 3.78. The van der Waals surface area contributed by atoms with Gasteiger partial charge in [0.15, 0.2) is 5.84 Å². The van der Waals surface area contributed by atoms with Crippen LogP contribution in [0.4, 0.5) is 0 Å². The van der Waals surface area contributed by atoms with Crippen molar-refractivity contribution >= 4 is 21.6 Å². The number of nitrogens with one attached hydrogen (secondary N) is 2. The first-order valence-corrected chi connectivity index (χ1v) is 4.96. The van der Waals surface area contributed by atoms with E-state index in [1.54, 1.807) is 7.05 Å². The molecule has 0 rings (SSSR count). The summed E-state index contributed by atoms with van der Waals surface area (Å²) in [7, 11) is 0.443. The van der Waals surface area contributed by atoms with Gasteiger partial charge in [-0.15, -0.1) is 0 Å². The van der Waals surface area contributed by atoms with E-state index in [0.717, 1.165) is 0 Å². The van der Waals surface area contributed by atoms with Gasteiger partial charge in [-0.1, -0.05) is 6.58 Å². The first-order valence-electron chi connectivity index (χ1n) is 3.17. The first-order chi connectivity index (χ1) is 5.40. The second-order valence-corrected chi connectivity index (χ2v) is 3.79. The zero-order valence-corrected chi connectivity index (χ0v) is 8.07. The van der Waals surface area contributed by atoms with Crippen molar-refractivity contribution in [1.82, 2.24) is 10.0 Å². The van der Waals surface area contributed by atoms with Gasteiger partial charge in [-0.3, -0.25) is 9.71 Å². The summed E-state index contributed by atoms with van der Waals surface area (Å²) >= 11 is 0. The summed E-state index contributed by atoms with van der Waals surface area (Å²) in [6, 6.07) is 0. The van der Waals surface area contributed by atoms with Crippen molar-refractivity contribution in [1.29, 1.82) is 0 Å². The minimum Gasteiger partial charge on any atom is -0.386 e. The van der Waals surface area contributed by atoms with Crippen LogP contribution in [0.5, 0.6) is 0 Å². The van der Waals surface area contributed by atoms with Crippen LogP contribution in [0.25, 0.3) is 0 Å². The number of hydrogen-bond donors (Lipinski definition) is 3. The molecule has 0 saturated carbocycles. The van der Waals surface area contributed by atoms with Gasteiger partial charge in [-0.05, 0) is 5.87 Å². The van der Waals surface area contributed by atoms with Crippen LogP contribution < -0.4 is 15.2 Å². The molecule has 0 aromatic carbocycles. The highest BCUT2D eigenvalue weighted by atomic mass is 32.2. The second-order valence-electron chi connectivity index (χ2n) is 2.13. The monoisotopic (exact) mass is 190 g/mol. The average Bonchev–Trinajstić information content (AvgIpc) is 1.97. The third-order valence-electron chi connectivity index (χ3n) is 1.08. The van der Waals surface area contributed by atoms with E-state index in [0.29, 0.717) is 11.5 Å². The number of likely N-dealkylation sites (N-methyl/N-ethyl adjacent to an activating group) is 1. The molecular formula is C6H14N4OS. The number of aliphatic imine (C=N–C) groups is 1. The van der Waals surface area contributed by atoms with Crippen molar-refractivity contribution in [3.05, 3.63) is 12.3 Å². The van der Waals surface area contributed by atoms with Crippen molar-refractivity contribution in [2.75, 3.05) is 14.1 Å². The van der Waals surface area contributed by atoms with E-state index in [1.807, 2.05) is 0 Å². The maximum atomic E-state index is 11.0. The molecule has 0 fully saturated rings. The van der Waals surface area contributed by atoms with Crippen LogP contribution in [0.15, 0.2) is 17.3 Å². The molecule has 5 nitrogen and oxygen atoms in total. The van der Waals surface area contributed by atoms with Gasteiger partial charge in [-0.25, -0.2) is 9.35 Å². The predicted molar refractivity (Wildman–Crippen MR) is 54.1 cm³/mol. The average molecular weight is 190 g/mol. The number of nitrogens with zero attached hydrogens (tertiary/aromatic N) is 1. The molecule has 0 aromatic heterocycles. The number of nitrogens with two attached hydrogens (primary N) is 1. The van der Waals surface area contributed by atoms with Gasteiger partial charge < -0.3 is 5.32 Å². The normalized spacial score (nSPS) is 16.4. The van der Waals surface area contributed by atoms with Gasteiger partial charge in [0.2, 0.25) is 0 Å². The minimum absolute atomic E-state index is 0.347. The molecule has 0 saturated heterocycles. The van der Waals surface area contributed by atoms with Crippen LogP contribution in [0.3, 0.4) is 0 Å². The van der Waals surface area contributed by atoms with Gasteiger partial charge in [0, 0.05) is 14.1 Å². The molecule has 1 atom stereocenters. The molecule has 0 radical (unpaired) electrons. The fraction of sp³-hybridized carbons (Fsp3) is 0.333. The maximum absolute atomic E-state index is 11.0. The highest BCUT2D eigenvalue weighted by molar-refractivity contribution is 7.96. The van der Waals surface area contributed by atoms with Crippen LogP contribution >= 0.6 is 0 Å². The third kappa shape index (κ3) is 3.99. The Labute approximate surface area is 73.0 Å². The molecule has 0 aliphatic rings. The Balaban J connectivity index is 4.53. The smallest absolute Gasteiger partial charge is 0.156 e. The van der Waals surface area contributed by atoms with E-state index in [2.05, 4.69) is 27.5 Å². The summed E-state index contributed by atoms with van der Waals surface area (Å²) in [4.78, 5) is 3.79. The van der Waals surface area contributed by atoms with E-state index in [-0.39, 0.29) is 0 Å². The summed E-state index contributed by atoms with van der Waals surface area (Å²) in [5.41, 5.74) is 0.513. The molecule has 4 N–H and O–H groups in total. The van der Waals surface area contributed by atoms with E-state index in [9.17, 15) is 4.21 Å². The molecule has 0 spiro atoms. The Morgan fingerprint density at radius 2 is 2.17 bits per heavy atom. The van der Waals surface area contributed by atoms with E-state index in [1.165, 1.54) is 7.05 Å². The molecule has 0 aliphatic carbocycles. The largest absolute Gasteiger partial charge is 0.386 e. The highest BCUT2D eigenvalue weighted by Gasteiger charge is 2.03. The lowest BCUT2D eigenvalue weighted by Gasteiger charge is -2.11. The topological polar surface area (TPSA) is 79.5 Å². The van der Waals surface area contributed by atoms with Crippen molar-refractivity contribution in [3.63, 3.8) is 0 Å². The highest BCUT2D eigenvalue weighted by Crippen LogP contribution is 1.86. The van der Waals surface area contributed by atoms with Crippen LogP contribution in [0, 0.1) is 0 Å². The SMILES string of the molecule is C=C(NC)C(=NC)NS(=C)(N)=O. The van der Waals surface area contributed by atoms with E-state index >= 15 is 0 Å². The van der Waals surface area contributed by atoms with Gasteiger partial charge in [0.1, 0.15) is 9.89 Å². The lowest BCUT2D eigenvalue weighted by molar-refractivity contribution is 0.680. The molecule has 0 aliphatic heterocycles. The van der Waals surface area contributed by atoms with Gasteiger partial charge >= 0.3 is 0 Å². The maximum Gasteiger partial charge on any atom is 0.156 e. The lowest BCUT2D eigenvalue weighted by atomic mass is 10.4. The molecule has 0 bridgehead atoms. The second kappa shape index (κ2) is 4.13. The molecule has 1 unspecified atom stereocenters. The standard InChI is InChI=1S/C6H14N4OS/c1-5(8-2)6(9-3)10-12(4,7)11/h8H,1,4H2,2-3H3,(H3,7,9,10,11). The molecule has 12 heavy (non-hydrogen) atoms. The molecule has 0 amide bonds. The summed E-state index contributed by atoms with van der Waals surface area (Å²) in [5.74, 6) is 3.57. The zero-order valence-electron chi connectivity index (χ0n) is 7.26. The molecule has 0 heterocycles.